The average Bonchev–Trinajstić information content (AvgIpc) is 2.41. The monoisotopic (exact) mass is 258 g/mol. The largest absolute Gasteiger partial charge is 0.492 e. The molecule has 1 atom stereocenters. The van der Waals surface area contributed by atoms with Gasteiger partial charge in [0.25, 0.3) is 0 Å². The number of pyridine rings is 2. The third-order valence-electron chi connectivity index (χ3n) is 2.78. The molecule has 0 spiro atoms. The predicted molar refractivity (Wildman–Crippen MR) is 73.5 cm³/mol. The van der Waals surface area contributed by atoms with Crippen LogP contribution in [0.4, 0.5) is 0 Å². The molecule has 0 aliphatic heterocycles. The van der Waals surface area contributed by atoms with Crippen molar-refractivity contribution in [1.29, 1.82) is 0 Å². The van der Waals surface area contributed by atoms with E-state index < -0.39 is 0 Å². The topological polar surface area (TPSA) is 73.1 Å². The van der Waals surface area contributed by atoms with Crippen LogP contribution < -0.4 is 16.0 Å². The zero-order chi connectivity index (χ0) is 13.7. The van der Waals surface area contributed by atoms with Gasteiger partial charge in [-0.25, -0.2) is 5.43 Å². The van der Waals surface area contributed by atoms with Crippen molar-refractivity contribution in [1.82, 2.24) is 15.4 Å². The molecule has 0 saturated carbocycles. The molecule has 0 amide bonds. The van der Waals surface area contributed by atoms with Gasteiger partial charge in [0.15, 0.2) is 0 Å². The number of hydrogen-bond acceptors (Lipinski definition) is 5. The molecule has 2 aromatic heterocycles. The van der Waals surface area contributed by atoms with Gasteiger partial charge >= 0.3 is 0 Å². The fourth-order valence-corrected chi connectivity index (χ4v) is 1.91. The molecule has 0 radical (unpaired) electrons. The number of nitrogens with two attached hydrogens (primary N) is 1. The molecule has 0 aliphatic carbocycles. The Balaban J connectivity index is 2.33. The Bertz CT molecular complexity index is 544. The summed E-state index contributed by atoms with van der Waals surface area (Å²) in [5, 5.41) is 0. The van der Waals surface area contributed by atoms with Gasteiger partial charge in [-0.15, -0.1) is 0 Å². The molecule has 2 rings (SSSR count). The number of rotatable bonds is 5. The minimum atomic E-state index is -0.201. The van der Waals surface area contributed by atoms with Gasteiger partial charge < -0.3 is 4.74 Å². The predicted octanol–water partition coefficient (Wildman–Crippen LogP) is 1.74. The Morgan fingerprint density at radius 2 is 2.21 bits per heavy atom. The Morgan fingerprint density at radius 3 is 2.89 bits per heavy atom. The van der Waals surface area contributed by atoms with Gasteiger partial charge in [0.1, 0.15) is 5.75 Å². The van der Waals surface area contributed by atoms with E-state index in [0.717, 1.165) is 22.6 Å². The summed E-state index contributed by atoms with van der Waals surface area (Å²) in [4.78, 5) is 8.52. The molecule has 19 heavy (non-hydrogen) atoms. The fraction of sp³-hybridized carbons (Fsp3) is 0.286. The molecule has 2 aromatic rings. The smallest absolute Gasteiger partial charge is 0.137 e. The maximum absolute atomic E-state index is 5.65. The van der Waals surface area contributed by atoms with Crippen molar-refractivity contribution in [2.24, 2.45) is 5.84 Å². The van der Waals surface area contributed by atoms with Gasteiger partial charge in [-0.2, -0.15) is 0 Å². The van der Waals surface area contributed by atoms with Gasteiger partial charge in [0.05, 0.1) is 24.5 Å². The molecular formula is C14H18N4O. The fourth-order valence-electron chi connectivity index (χ4n) is 1.91. The third-order valence-corrected chi connectivity index (χ3v) is 2.78. The van der Waals surface area contributed by atoms with Crippen molar-refractivity contribution < 1.29 is 4.74 Å². The van der Waals surface area contributed by atoms with Gasteiger partial charge in [-0.1, -0.05) is 0 Å². The highest BCUT2D eigenvalue weighted by molar-refractivity contribution is 5.32. The average molecular weight is 258 g/mol. The maximum atomic E-state index is 5.65. The lowest BCUT2D eigenvalue weighted by Crippen LogP contribution is -2.29. The van der Waals surface area contributed by atoms with Gasteiger partial charge in [-0.3, -0.25) is 15.8 Å². The summed E-state index contributed by atoms with van der Waals surface area (Å²) in [6.45, 7) is 4.57. The Labute approximate surface area is 112 Å². The lowest BCUT2D eigenvalue weighted by atomic mass is 10.0. The SMILES string of the molecule is CCOc1cncc(C(NN)c2cc(C)ccn2)c1. The zero-order valence-electron chi connectivity index (χ0n) is 11.1. The summed E-state index contributed by atoms with van der Waals surface area (Å²) in [7, 11) is 0. The van der Waals surface area contributed by atoms with Crippen molar-refractivity contribution in [3.05, 3.63) is 53.6 Å². The summed E-state index contributed by atoms with van der Waals surface area (Å²) < 4.78 is 5.45. The highest BCUT2D eigenvalue weighted by atomic mass is 16.5. The lowest BCUT2D eigenvalue weighted by molar-refractivity contribution is 0.338. The summed E-state index contributed by atoms with van der Waals surface area (Å²) >= 11 is 0. The maximum Gasteiger partial charge on any atom is 0.137 e. The molecule has 5 heteroatoms. The Hall–Kier alpha value is -1.98. The van der Waals surface area contributed by atoms with Crippen LogP contribution in [0.15, 0.2) is 36.8 Å². The second kappa shape index (κ2) is 6.26. The van der Waals surface area contributed by atoms with Crippen LogP contribution in [0.2, 0.25) is 0 Å². The first-order valence-corrected chi connectivity index (χ1v) is 6.21. The standard InChI is InChI=1S/C14H18N4O/c1-3-19-12-7-11(8-16-9-12)14(18-15)13-6-10(2)4-5-17-13/h4-9,14,18H,3,15H2,1-2H3. The molecule has 0 bridgehead atoms. The van der Waals surface area contributed by atoms with Crippen molar-refractivity contribution in [2.75, 3.05) is 6.61 Å². The molecule has 5 nitrogen and oxygen atoms in total. The van der Waals surface area contributed by atoms with Crippen molar-refractivity contribution in [3.8, 4) is 5.75 Å². The molecule has 0 saturated heterocycles. The number of nitrogens with one attached hydrogen (secondary N) is 1. The summed E-state index contributed by atoms with van der Waals surface area (Å²) in [6, 6.07) is 5.67. The molecule has 0 fully saturated rings. The molecule has 3 N–H and O–H groups in total. The lowest BCUT2D eigenvalue weighted by Gasteiger charge is -2.16. The van der Waals surface area contributed by atoms with E-state index in [4.69, 9.17) is 10.6 Å². The van der Waals surface area contributed by atoms with E-state index in [0.29, 0.717) is 6.61 Å². The van der Waals surface area contributed by atoms with E-state index >= 15 is 0 Å². The number of aromatic nitrogens is 2. The highest BCUT2D eigenvalue weighted by Gasteiger charge is 2.15. The van der Waals surface area contributed by atoms with Crippen LogP contribution in [0.1, 0.15) is 29.8 Å². The second-order valence-corrected chi connectivity index (χ2v) is 4.24. The number of nitrogens with zero attached hydrogens (tertiary/aromatic N) is 2. The first kappa shape index (κ1) is 13.5. The molecule has 1 unspecified atom stereocenters. The van der Waals surface area contributed by atoms with Crippen LogP contribution in [0.3, 0.4) is 0 Å². The number of hydrazine groups is 1. The molecule has 0 aromatic carbocycles. The molecule has 2 heterocycles. The first-order chi connectivity index (χ1) is 9.24. The van der Waals surface area contributed by atoms with Crippen LogP contribution >= 0.6 is 0 Å². The minimum absolute atomic E-state index is 0.201. The Kier molecular flexibility index (Phi) is 4.43. The minimum Gasteiger partial charge on any atom is -0.492 e. The van der Waals surface area contributed by atoms with E-state index in [1.54, 1.807) is 18.6 Å². The second-order valence-electron chi connectivity index (χ2n) is 4.24. The third kappa shape index (κ3) is 3.27. The van der Waals surface area contributed by atoms with Crippen molar-refractivity contribution >= 4 is 0 Å². The van der Waals surface area contributed by atoms with Crippen molar-refractivity contribution in [2.45, 2.75) is 19.9 Å². The van der Waals surface area contributed by atoms with Crippen LogP contribution in [-0.4, -0.2) is 16.6 Å². The Morgan fingerprint density at radius 1 is 1.37 bits per heavy atom. The van der Waals surface area contributed by atoms with E-state index in [-0.39, 0.29) is 6.04 Å². The molecular weight excluding hydrogens is 240 g/mol. The van der Waals surface area contributed by atoms with E-state index in [2.05, 4.69) is 15.4 Å². The highest BCUT2D eigenvalue weighted by Crippen LogP contribution is 2.22. The van der Waals surface area contributed by atoms with Crippen LogP contribution in [0, 0.1) is 6.92 Å². The van der Waals surface area contributed by atoms with Crippen molar-refractivity contribution in [3.63, 3.8) is 0 Å². The normalized spacial score (nSPS) is 12.2. The summed E-state index contributed by atoms with van der Waals surface area (Å²) in [5.41, 5.74) is 5.69. The summed E-state index contributed by atoms with van der Waals surface area (Å²) in [6.07, 6.45) is 5.22. The number of aryl methyl sites for hydroxylation is 1. The van der Waals surface area contributed by atoms with E-state index in [1.165, 1.54) is 0 Å². The summed E-state index contributed by atoms with van der Waals surface area (Å²) in [5.74, 6) is 6.38. The zero-order valence-corrected chi connectivity index (χ0v) is 11.1. The first-order valence-electron chi connectivity index (χ1n) is 6.21. The van der Waals surface area contributed by atoms with Crippen LogP contribution in [0.25, 0.3) is 0 Å². The quantitative estimate of drug-likeness (QED) is 0.631. The molecule has 100 valence electrons. The van der Waals surface area contributed by atoms with Crippen LogP contribution in [-0.2, 0) is 0 Å². The van der Waals surface area contributed by atoms with Crippen LogP contribution in [0.5, 0.6) is 5.75 Å². The number of ether oxygens (including phenoxy) is 1. The van der Waals surface area contributed by atoms with E-state index in [1.807, 2.05) is 32.0 Å². The van der Waals surface area contributed by atoms with E-state index in [9.17, 15) is 0 Å². The van der Waals surface area contributed by atoms with Gasteiger partial charge in [0, 0.05) is 12.4 Å². The number of hydrogen-bond donors (Lipinski definition) is 2. The van der Waals surface area contributed by atoms with Gasteiger partial charge in [-0.05, 0) is 43.2 Å². The molecule has 0 aliphatic rings. The van der Waals surface area contributed by atoms with Gasteiger partial charge in [0.2, 0.25) is 0 Å².